The summed E-state index contributed by atoms with van der Waals surface area (Å²) in [6.45, 7) is 0. The largest absolute Gasteiger partial charge is 0.493 e. The monoisotopic (exact) mass is 359 g/mol. The van der Waals surface area contributed by atoms with Crippen LogP contribution < -0.4 is 25.3 Å². The summed E-state index contributed by atoms with van der Waals surface area (Å²) in [5.74, 6) is 2.02. The zero-order valence-corrected chi connectivity index (χ0v) is 14.8. The summed E-state index contributed by atoms with van der Waals surface area (Å²) < 4.78 is 16.0. The van der Waals surface area contributed by atoms with Gasteiger partial charge in [0.15, 0.2) is 16.6 Å². The van der Waals surface area contributed by atoms with E-state index in [0.29, 0.717) is 34.0 Å². The first-order valence-electron chi connectivity index (χ1n) is 7.26. The van der Waals surface area contributed by atoms with Crippen LogP contribution in [0, 0.1) is 0 Å². The number of rotatable bonds is 6. The van der Waals surface area contributed by atoms with Crippen molar-refractivity contribution in [2.24, 2.45) is 0 Å². The Morgan fingerprint density at radius 1 is 1.04 bits per heavy atom. The Bertz CT molecular complexity index is 859. The van der Waals surface area contributed by atoms with Crippen molar-refractivity contribution in [3.63, 3.8) is 0 Å². The van der Waals surface area contributed by atoms with E-state index in [0.717, 1.165) is 10.6 Å². The van der Waals surface area contributed by atoms with Crippen LogP contribution in [0.4, 0.5) is 16.8 Å². The highest BCUT2D eigenvalue weighted by atomic mass is 32.1. The topological polar surface area (TPSA) is 104 Å². The maximum atomic E-state index is 5.68. The van der Waals surface area contributed by atoms with Crippen molar-refractivity contribution in [3.8, 4) is 27.8 Å². The lowest BCUT2D eigenvalue weighted by Crippen LogP contribution is -2.00. The predicted octanol–water partition coefficient (Wildman–Crippen LogP) is 2.95. The molecule has 130 valence electrons. The number of thiazole rings is 1. The van der Waals surface area contributed by atoms with Gasteiger partial charge in [0.05, 0.1) is 31.9 Å². The molecule has 8 nitrogen and oxygen atoms in total. The van der Waals surface area contributed by atoms with E-state index in [1.807, 2.05) is 0 Å². The van der Waals surface area contributed by atoms with E-state index in [1.54, 1.807) is 51.9 Å². The highest BCUT2D eigenvalue weighted by Gasteiger charge is 2.14. The molecule has 2 aromatic heterocycles. The third kappa shape index (κ3) is 3.56. The van der Waals surface area contributed by atoms with E-state index < -0.39 is 0 Å². The van der Waals surface area contributed by atoms with Crippen molar-refractivity contribution in [1.82, 2.24) is 15.0 Å². The maximum Gasteiger partial charge on any atom is 0.227 e. The van der Waals surface area contributed by atoms with Gasteiger partial charge in [0.1, 0.15) is 0 Å². The second-order valence-electron chi connectivity index (χ2n) is 4.87. The van der Waals surface area contributed by atoms with Gasteiger partial charge in [0.25, 0.3) is 0 Å². The van der Waals surface area contributed by atoms with Crippen molar-refractivity contribution in [3.05, 3.63) is 30.6 Å². The van der Waals surface area contributed by atoms with Gasteiger partial charge in [-0.3, -0.25) is 0 Å². The molecule has 0 radical (unpaired) electrons. The lowest BCUT2D eigenvalue weighted by molar-refractivity contribution is 0.324. The van der Waals surface area contributed by atoms with Crippen molar-refractivity contribution in [2.75, 3.05) is 32.4 Å². The summed E-state index contributed by atoms with van der Waals surface area (Å²) in [5, 5.41) is 3.63. The van der Waals surface area contributed by atoms with Gasteiger partial charge in [0.2, 0.25) is 11.7 Å². The molecule has 2 heterocycles. The van der Waals surface area contributed by atoms with Crippen LogP contribution >= 0.6 is 11.3 Å². The summed E-state index contributed by atoms with van der Waals surface area (Å²) in [4.78, 5) is 13.6. The lowest BCUT2D eigenvalue weighted by Gasteiger charge is -2.14. The zero-order valence-electron chi connectivity index (χ0n) is 13.9. The minimum Gasteiger partial charge on any atom is -0.493 e. The minimum atomic E-state index is 0.429. The Hall–Kier alpha value is -3.07. The Morgan fingerprint density at radius 3 is 2.32 bits per heavy atom. The first-order chi connectivity index (χ1) is 12.1. The van der Waals surface area contributed by atoms with Crippen LogP contribution in [0.15, 0.2) is 30.6 Å². The Labute approximate surface area is 148 Å². The number of nitrogen functional groups attached to an aromatic ring is 1. The smallest absolute Gasteiger partial charge is 0.227 e. The number of anilines is 3. The zero-order chi connectivity index (χ0) is 17.8. The third-order valence-corrected chi connectivity index (χ3v) is 4.20. The molecule has 0 spiro atoms. The summed E-state index contributed by atoms with van der Waals surface area (Å²) >= 11 is 1.36. The van der Waals surface area contributed by atoms with Crippen LogP contribution in [0.2, 0.25) is 0 Å². The number of benzene rings is 1. The normalized spacial score (nSPS) is 10.4. The van der Waals surface area contributed by atoms with Gasteiger partial charge in [-0.15, -0.1) is 0 Å². The van der Waals surface area contributed by atoms with Gasteiger partial charge in [0, 0.05) is 30.2 Å². The molecule has 0 unspecified atom stereocenters. The Balaban J connectivity index is 1.92. The number of hydrogen-bond donors (Lipinski definition) is 2. The number of nitrogens with zero attached hydrogens (tertiary/aromatic N) is 3. The molecule has 0 bridgehead atoms. The fourth-order valence-electron chi connectivity index (χ4n) is 2.24. The number of hydrogen-bond acceptors (Lipinski definition) is 9. The molecule has 3 rings (SSSR count). The second-order valence-corrected chi connectivity index (χ2v) is 5.93. The molecule has 0 aliphatic rings. The van der Waals surface area contributed by atoms with E-state index in [-0.39, 0.29) is 0 Å². The minimum absolute atomic E-state index is 0.429. The molecule has 0 amide bonds. The standard InChI is InChI=1S/C16H17N5O3S/c1-22-11-6-9(7-12(23-2)14(11)24-3)20-16-18-5-4-10(21-16)13-8-19-15(17)25-13/h4-8H,1-3H3,(H2,17,19)(H,18,20,21). The van der Waals surface area contributed by atoms with Crippen LogP contribution in [0.5, 0.6) is 17.2 Å². The number of methoxy groups -OCH3 is 3. The van der Waals surface area contributed by atoms with Crippen molar-refractivity contribution in [1.29, 1.82) is 0 Å². The summed E-state index contributed by atoms with van der Waals surface area (Å²) in [5.41, 5.74) is 7.12. The van der Waals surface area contributed by atoms with Gasteiger partial charge < -0.3 is 25.3 Å². The van der Waals surface area contributed by atoms with Crippen LogP contribution in [-0.2, 0) is 0 Å². The first kappa shape index (κ1) is 16.8. The van der Waals surface area contributed by atoms with Crippen LogP contribution in [-0.4, -0.2) is 36.3 Å². The van der Waals surface area contributed by atoms with Gasteiger partial charge in [-0.05, 0) is 6.07 Å². The van der Waals surface area contributed by atoms with Gasteiger partial charge >= 0.3 is 0 Å². The molecule has 3 aromatic rings. The lowest BCUT2D eigenvalue weighted by atomic mass is 10.2. The highest BCUT2D eigenvalue weighted by Crippen LogP contribution is 2.40. The number of nitrogens with one attached hydrogen (secondary N) is 1. The van der Waals surface area contributed by atoms with Crippen molar-refractivity contribution < 1.29 is 14.2 Å². The molecule has 0 atom stereocenters. The van der Waals surface area contributed by atoms with E-state index in [4.69, 9.17) is 19.9 Å². The quantitative estimate of drug-likeness (QED) is 0.692. The highest BCUT2D eigenvalue weighted by molar-refractivity contribution is 7.18. The van der Waals surface area contributed by atoms with E-state index >= 15 is 0 Å². The van der Waals surface area contributed by atoms with E-state index in [9.17, 15) is 0 Å². The van der Waals surface area contributed by atoms with Crippen LogP contribution in [0.1, 0.15) is 0 Å². The SMILES string of the molecule is COc1cc(Nc2nccc(-c3cnc(N)s3)n2)cc(OC)c1OC. The molecule has 9 heteroatoms. The van der Waals surface area contributed by atoms with Crippen molar-refractivity contribution >= 4 is 28.1 Å². The third-order valence-electron chi connectivity index (χ3n) is 3.35. The number of nitrogens with two attached hydrogens (primary N) is 1. The fourth-order valence-corrected chi connectivity index (χ4v) is 2.90. The number of aromatic nitrogens is 3. The fraction of sp³-hybridized carbons (Fsp3) is 0.188. The van der Waals surface area contributed by atoms with Crippen LogP contribution in [0.3, 0.4) is 0 Å². The predicted molar refractivity (Wildman–Crippen MR) is 96.9 cm³/mol. The molecular formula is C16H17N5O3S. The summed E-state index contributed by atoms with van der Waals surface area (Å²) in [7, 11) is 4.68. The van der Waals surface area contributed by atoms with E-state index in [1.165, 1.54) is 11.3 Å². The molecule has 0 saturated heterocycles. The molecule has 0 aliphatic carbocycles. The van der Waals surface area contributed by atoms with Gasteiger partial charge in [-0.2, -0.15) is 0 Å². The molecule has 25 heavy (non-hydrogen) atoms. The van der Waals surface area contributed by atoms with Gasteiger partial charge in [-0.25, -0.2) is 15.0 Å². The molecule has 0 fully saturated rings. The Morgan fingerprint density at radius 2 is 1.76 bits per heavy atom. The summed E-state index contributed by atoms with van der Waals surface area (Å²) in [6.07, 6.45) is 3.35. The van der Waals surface area contributed by atoms with Gasteiger partial charge in [-0.1, -0.05) is 11.3 Å². The first-order valence-corrected chi connectivity index (χ1v) is 8.08. The average Bonchev–Trinajstić information content (AvgIpc) is 3.07. The van der Waals surface area contributed by atoms with Crippen molar-refractivity contribution in [2.45, 2.75) is 0 Å². The molecule has 3 N–H and O–H groups in total. The average molecular weight is 359 g/mol. The van der Waals surface area contributed by atoms with Crippen LogP contribution in [0.25, 0.3) is 10.6 Å². The maximum absolute atomic E-state index is 5.68. The molecule has 1 aromatic carbocycles. The molecule has 0 saturated carbocycles. The molecule has 0 aliphatic heterocycles. The molecular weight excluding hydrogens is 342 g/mol. The van der Waals surface area contributed by atoms with E-state index in [2.05, 4.69) is 20.3 Å². The Kier molecular flexibility index (Phi) is 4.85. The second kappa shape index (κ2) is 7.22. The number of ether oxygens (including phenoxy) is 3. The summed E-state index contributed by atoms with van der Waals surface area (Å²) in [6, 6.07) is 5.36.